The monoisotopic (exact) mass is 401 g/mol. The molecule has 0 fully saturated rings. The molecule has 3 aromatic rings. The molecule has 0 aliphatic heterocycles. The van der Waals surface area contributed by atoms with Crippen molar-refractivity contribution in [3.63, 3.8) is 0 Å². The minimum atomic E-state index is -0.425. The molecule has 0 aliphatic carbocycles. The van der Waals surface area contributed by atoms with Gasteiger partial charge in [-0.15, -0.1) is 5.10 Å². The third-order valence-electron chi connectivity index (χ3n) is 4.14. The molecule has 146 valence electrons. The quantitative estimate of drug-likeness (QED) is 0.613. The first kappa shape index (κ1) is 19.8. The molecule has 0 aliphatic rings. The Morgan fingerprint density at radius 2 is 1.82 bits per heavy atom. The zero-order valence-corrected chi connectivity index (χ0v) is 16.5. The zero-order chi connectivity index (χ0) is 20.1. The number of tetrazole rings is 1. The molecule has 0 radical (unpaired) electrons. The lowest BCUT2D eigenvalue weighted by Crippen LogP contribution is -2.33. The van der Waals surface area contributed by atoms with Crippen molar-refractivity contribution < 1.29 is 13.9 Å². The molecule has 3 rings (SSSR count). The molecular formula is C19H20FN5O2S. The van der Waals surface area contributed by atoms with Gasteiger partial charge in [-0.1, -0.05) is 23.9 Å². The number of hydrogen-bond acceptors (Lipinski definition) is 6. The summed E-state index contributed by atoms with van der Waals surface area (Å²) in [4.78, 5) is 12.6. The van der Waals surface area contributed by atoms with Gasteiger partial charge in [-0.25, -0.2) is 4.39 Å². The van der Waals surface area contributed by atoms with Gasteiger partial charge >= 0.3 is 0 Å². The Morgan fingerprint density at radius 3 is 2.46 bits per heavy atom. The molecule has 1 aromatic heterocycles. The van der Waals surface area contributed by atoms with Crippen molar-refractivity contribution in [2.45, 2.75) is 30.3 Å². The number of aromatic nitrogens is 4. The van der Waals surface area contributed by atoms with Crippen LogP contribution in [0.15, 0.2) is 53.7 Å². The summed E-state index contributed by atoms with van der Waals surface area (Å²) in [5, 5.41) is 14.7. The van der Waals surface area contributed by atoms with Gasteiger partial charge in [0.25, 0.3) is 0 Å². The number of thioether (sulfide) groups is 1. The smallest absolute Gasteiger partial charge is 0.233 e. The number of hydrogen-bond donors (Lipinski definition) is 1. The largest absolute Gasteiger partial charge is 0.497 e. The summed E-state index contributed by atoms with van der Waals surface area (Å²) >= 11 is 1.25. The van der Waals surface area contributed by atoms with E-state index in [9.17, 15) is 9.18 Å². The lowest BCUT2D eigenvalue weighted by molar-refractivity contribution is -0.120. The lowest BCUT2D eigenvalue weighted by Gasteiger charge is -2.17. The van der Waals surface area contributed by atoms with E-state index in [1.54, 1.807) is 30.8 Å². The molecule has 0 saturated carbocycles. The van der Waals surface area contributed by atoms with E-state index in [2.05, 4.69) is 20.8 Å². The summed E-state index contributed by atoms with van der Waals surface area (Å²) in [5.41, 5.74) is 1.59. The third kappa shape index (κ3) is 4.66. The highest BCUT2D eigenvalue weighted by molar-refractivity contribution is 8.00. The van der Waals surface area contributed by atoms with E-state index in [1.165, 1.54) is 23.9 Å². The highest BCUT2D eigenvalue weighted by atomic mass is 32.2. The molecule has 0 bridgehead atoms. The highest BCUT2D eigenvalue weighted by Crippen LogP contribution is 2.24. The van der Waals surface area contributed by atoms with E-state index < -0.39 is 5.25 Å². The molecule has 2 atom stereocenters. The Morgan fingerprint density at radius 1 is 1.14 bits per heavy atom. The van der Waals surface area contributed by atoms with Crippen LogP contribution in [0.5, 0.6) is 5.75 Å². The predicted molar refractivity (Wildman–Crippen MR) is 104 cm³/mol. The van der Waals surface area contributed by atoms with E-state index in [0.29, 0.717) is 5.16 Å². The fourth-order valence-electron chi connectivity index (χ4n) is 2.52. The van der Waals surface area contributed by atoms with Crippen LogP contribution in [0.3, 0.4) is 0 Å². The molecule has 1 amide bonds. The van der Waals surface area contributed by atoms with Crippen molar-refractivity contribution in [2.75, 3.05) is 7.11 Å². The van der Waals surface area contributed by atoms with Crippen molar-refractivity contribution in [2.24, 2.45) is 0 Å². The van der Waals surface area contributed by atoms with Gasteiger partial charge in [-0.05, 0) is 66.2 Å². The summed E-state index contributed by atoms with van der Waals surface area (Å²) in [6.07, 6.45) is 0. The fraction of sp³-hybridized carbons (Fsp3) is 0.263. The standard InChI is InChI=1S/C19H20FN5O2S/c1-12(14-4-6-15(20)7-5-14)21-18(26)13(2)28-19-22-23-24-25(19)16-8-10-17(27-3)11-9-16/h4-13H,1-3H3,(H,21,26)/t12-,13+/m1/s1. The number of nitrogens with zero attached hydrogens (tertiary/aromatic N) is 4. The van der Waals surface area contributed by atoms with Crippen LogP contribution in [0.25, 0.3) is 5.69 Å². The summed E-state index contributed by atoms with van der Waals surface area (Å²) < 4.78 is 19.8. The fourth-order valence-corrected chi connectivity index (χ4v) is 3.33. The molecule has 9 heteroatoms. The topological polar surface area (TPSA) is 81.9 Å². The number of methoxy groups -OCH3 is 1. The van der Waals surface area contributed by atoms with Crippen LogP contribution in [0.1, 0.15) is 25.5 Å². The third-order valence-corrected chi connectivity index (χ3v) is 5.17. The van der Waals surface area contributed by atoms with Crippen LogP contribution in [0, 0.1) is 5.82 Å². The molecule has 28 heavy (non-hydrogen) atoms. The van der Waals surface area contributed by atoms with Gasteiger partial charge in [0.05, 0.1) is 24.1 Å². The van der Waals surface area contributed by atoms with Gasteiger partial charge in [0.1, 0.15) is 11.6 Å². The van der Waals surface area contributed by atoms with Gasteiger partial charge in [-0.3, -0.25) is 4.79 Å². The first-order valence-electron chi connectivity index (χ1n) is 8.63. The zero-order valence-electron chi connectivity index (χ0n) is 15.7. The molecule has 0 spiro atoms. The molecule has 1 heterocycles. The normalized spacial score (nSPS) is 13.0. The van der Waals surface area contributed by atoms with Gasteiger partial charge in [0.15, 0.2) is 0 Å². The minimum absolute atomic E-state index is 0.161. The van der Waals surface area contributed by atoms with Crippen molar-refractivity contribution in [1.82, 2.24) is 25.5 Å². The number of benzene rings is 2. The Kier molecular flexibility index (Phi) is 6.25. The first-order chi connectivity index (χ1) is 13.5. The number of amides is 1. The second kappa shape index (κ2) is 8.83. The molecule has 1 N–H and O–H groups in total. The van der Waals surface area contributed by atoms with Crippen molar-refractivity contribution in [3.8, 4) is 11.4 Å². The average Bonchev–Trinajstić information content (AvgIpc) is 3.16. The van der Waals surface area contributed by atoms with Crippen molar-refractivity contribution in [1.29, 1.82) is 0 Å². The molecule has 0 unspecified atom stereocenters. The number of carbonyl (C=O) groups excluding carboxylic acids is 1. The summed E-state index contributed by atoms with van der Waals surface area (Å²) in [7, 11) is 1.60. The maximum absolute atomic E-state index is 13.1. The maximum atomic E-state index is 13.1. The second-order valence-corrected chi connectivity index (χ2v) is 7.42. The lowest BCUT2D eigenvalue weighted by atomic mass is 10.1. The summed E-state index contributed by atoms with van der Waals surface area (Å²) in [6, 6.07) is 13.1. The summed E-state index contributed by atoms with van der Waals surface area (Å²) in [6.45, 7) is 3.63. The summed E-state index contributed by atoms with van der Waals surface area (Å²) in [5.74, 6) is 0.260. The van der Waals surface area contributed by atoms with Crippen LogP contribution >= 0.6 is 11.8 Å². The number of rotatable bonds is 7. The van der Waals surface area contributed by atoms with Gasteiger partial charge in [0.2, 0.25) is 11.1 Å². The average molecular weight is 401 g/mol. The Hall–Kier alpha value is -2.94. The van der Waals surface area contributed by atoms with Crippen LogP contribution in [-0.2, 0) is 4.79 Å². The van der Waals surface area contributed by atoms with Crippen LogP contribution in [0.4, 0.5) is 4.39 Å². The van der Waals surface area contributed by atoms with E-state index in [-0.39, 0.29) is 17.8 Å². The van der Waals surface area contributed by atoms with E-state index in [0.717, 1.165) is 17.0 Å². The van der Waals surface area contributed by atoms with E-state index in [4.69, 9.17) is 4.74 Å². The van der Waals surface area contributed by atoms with Crippen LogP contribution in [0.2, 0.25) is 0 Å². The van der Waals surface area contributed by atoms with Crippen LogP contribution in [-0.4, -0.2) is 38.5 Å². The van der Waals surface area contributed by atoms with Crippen LogP contribution < -0.4 is 10.1 Å². The predicted octanol–water partition coefficient (Wildman–Crippen LogP) is 3.17. The first-order valence-corrected chi connectivity index (χ1v) is 9.51. The van der Waals surface area contributed by atoms with Gasteiger partial charge < -0.3 is 10.1 Å². The molecule has 2 aromatic carbocycles. The Bertz CT molecular complexity index is 930. The second-order valence-electron chi connectivity index (χ2n) is 6.11. The Balaban J connectivity index is 1.65. The number of halogens is 1. The SMILES string of the molecule is COc1ccc(-n2nnnc2S[C@@H](C)C(=O)N[C@H](C)c2ccc(F)cc2)cc1. The van der Waals surface area contributed by atoms with Crippen molar-refractivity contribution >= 4 is 17.7 Å². The van der Waals surface area contributed by atoms with E-state index in [1.807, 2.05) is 31.2 Å². The maximum Gasteiger partial charge on any atom is 0.233 e. The van der Waals surface area contributed by atoms with E-state index >= 15 is 0 Å². The van der Waals surface area contributed by atoms with Gasteiger partial charge in [-0.2, -0.15) is 4.68 Å². The van der Waals surface area contributed by atoms with Gasteiger partial charge in [0, 0.05) is 0 Å². The molecule has 0 saturated heterocycles. The molecule has 7 nitrogen and oxygen atoms in total. The minimum Gasteiger partial charge on any atom is -0.497 e. The number of carbonyl (C=O) groups is 1. The van der Waals surface area contributed by atoms with Crippen molar-refractivity contribution in [3.05, 3.63) is 59.9 Å². The number of ether oxygens (including phenoxy) is 1. The number of nitrogens with one attached hydrogen (secondary N) is 1. The highest BCUT2D eigenvalue weighted by Gasteiger charge is 2.21. The molecular weight excluding hydrogens is 381 g/mol. The Labute approximate surface area is 166 Å².